The van der Waals surface area contributed by atoms with E-state index >= 15 is 0 Å². The first-order chi connectivity index (χ1) is 9.79. The molecule has 0 saturated carbocycles. The molecule has 20 heavy (non-hydrogen) atoms. The number of likely N-dealkylation sites (tertiary alicyclic amines) is 1. The first-order valence-corrected chi connectivity index (χ1v) is 7.61. The molecule has 1 aromatic rings. The predicted molar refractivity (Wildman–Crippen MR) is 80.0 cm³/mol. The Hall–Kier alpha value is -1.39. The van der Waals surface area contributed by atoms with Gasteiger partial charge < -0.3 is 10.2 Å². The maximum Gasteiger partial charge on any atom is 0.254 e. The molecule has 0 spiro atoms. The van der Waals surface area contributed by atoms with Gasteiger partial charge in [0.2, 0.25) is 0 Å². The molecule has 2 aliphatic rings. The minimum Gasteiger partial charge on any atom is -0.335 e. The summed E-state index contributed by atoms with van der Waals surface area (Å²) in [6, 6.07) is 8.55. The number of benzene rings is 1. The van der Waals surface area contributed by atoms with Crippen LogP contribution in [0.5, 0.6) is 0 Å². The molecule has 1 N–H and O–H groups in total. The smallest absolute Gasteiger partial charge is 0.254 e. The lowest BCUT2D eigenvalue weighted by Crippen LogP contribution is -2.63. The van der Waals surface area contributed by atoms with Crippen molar-refractivity contribution in [2.45, 2.75) is 19.4 Å². The van der Waals surface area contributed by atoms with Gasteiger partial charge in [-0.3, -0.25) is 9.69 Å². The third kappa shape index (κ3) is 2.58. The summed E-state index contributed by atoms with van der Waals surface area (Å²) in [4.78, 5) is 17.0. The Morgan fingerprint density at radius 2 is 1.95 bits per heavy atom. The zero-order valence-corrected chi connectivity index (χ0v) is 12.1. The number of piperazine rings is 1. The second kappa shape index (κ2) is 5.94. The Morgan fingerprint density at radius 1 is 1.25 bits per heavy atom. The minimum atomic E-state index is 0.203. The third-order valence-corrected chi connectivity index (χ3v) is 4.45. The summed E-state index contributed by atoms with van der Waals surface area (Å²) >= 11 is 0. The topological polar surface area (TPSA) is 35.6 Å². The molecule has 2 aliphatic heterocycles. The summed E-state index contributed by atoms with van der Waals surface area (Å²) in [6.45, 7) is 8.24. The standard InChI is InChI=1S/C16H23N3O/c1-2-13-5-3-4-6-15(13)16(20)19-11-14(12-19)18-9-7-17-8-10-18/h3-6,14,17H,2,7-12H2,1H3. The van der Waals surface area contributed by atoms with Crippen molar-refractivity contribution < 1.29 is 4.79 Å². The van der Waals surface area contributed by atoms with Gasteiger partial charge in [-0.1, -0.05) is 25.1 Å². The fourth-order valence-corrected chi connectivity index (χ4v) is 3.11. The van der Waals surface area contributed by atoms with Crippen LogP contribution >= 0.6 is 0 Å². The van der Waals surface area contributed by atoms with E-state index in [4.69, 9.17) is 0 Å². The maximum atomic E-state index is 12.5. The number of amides is 1. The van der Waals surface area contributed by atoms with Crippen LogP contribution in [-0.2, 0) is 6.42 Å². The fraction of sp³-hybridized carbons (Fsp3) is 0.562. The molecule has 3 rings (SSSR count). The molecule has 1 amide bonds. The van der Waals surface area contributed by atoms with Crippen molar-refractivity contribution in [3.8, 4) is 0 Å². The van der Waals surface area contributed by atoms with Crippen molar-refractivity contribution in [3.05, 3.63) is 35.4 Å². The van der Waals surface area contributed by atoms with Crippen LogP contribution in [0.4, 0.5) is 0 Å². The molecule has 0 unspecified atom stereocenters. The number of aryl methyl sites for hydroxylation is 1. The van der Waals surface area contributed by atoms with Gasteiger partial charge in [0.05, 0.1) is 0 Å². The number of nitrogens with zero attached hydrogens (tertiary/aromatic N) is 2. The molecule has 2 saturated heterocycles. The average molecular weight is 273 g/mol. The molecule has 2 fully saturated rings. The van der Waals surface area contributed by atoms with Crippen molar-refractivity contribution in [1.82, 2.24) is 15.1 Å². The number of rotatable bonds is 3. The summed E-state index contributed by atoms with van der Waals surface area (Å²) in [6.07, 6.45) is 0.914. The van der Waals surface area contributed by atoms with Crippen molar-refractivity contribution in [2.24, 2.45) is 0 Å². The van der Waals surface area contributed by atoms with Gasteiger partial charge >= 0.3 is 0 Å². The summed E-state index contributed by atoms with van der Waals surface area (Å²) in [7, 11) is 0. The molecule has 0 atom stereocenters. The summed E-state index contributed by atoms with van der Waals surface area (Å²) in [5.74, 6) is 0.203. The van der Waals surface area contributed by atoms with Gasteiger partial charge in [0.1, 0.15) is 0 Å². The lowest BCUT2D eigenvalue weighted by molar-refractivity contribution is 0.0226. The van der Waals surface area contributed by atoms with E-state index in [0.29, 0.717) is 6.04 Å². The van der Waals surface area contributed by atoms with E-state index in [1.54, 1.807) is 0 Å². The van der Waals surface area contributed by atoms with Crippen molar-refractivity contribution in [1.29, 1.82) is 0 Å². The number of nitrogens with one attached hydrogen (secondary N) is 1. The zero-order chi connectivity index (χ0) is 13.9. The average Bonchev–Trinajstić information content (AvgIpc) is 2.46. The highest BCUT2D eigenvalue weighted by molar-refractivity contribution is 5.96. The van der Waals surface area contributed by atoms with Gasteiger partial charge in [-0.25, -0.2) is 0 Å². The van der Waals surface area contributed by atoms with E-state index < -0.39 is 0 Å². The number of hydrogen-bond acceptors (Lipinski definition) is 3. The Balaban J connectivity index is 1.60. The quantitative estimate of drug-likeness (QED) is 0.892. The molecular weight excluding hydrogens is 250 g/mol. The van der Waals surface area contributed by atoms with Gasteiger partial charge in [-0.05, 0) is 18.1 Å². The van der Waals surface area contributed by atoms with Gasteiger partial charge in [-0.15, -0.1) is 0 Å². The monoisotopic (exact) mass is 273 g/mol. The van der Waals surface area contributed by atoms with Gasteiger partial charge in [0.15, 0.2) is 0 Å². The maximum absolute atomic E-state index is 12.5. The van der Waals surface area contributed by atoms with E-state index in [9.17, 15) is 4.79 Å². The first-order valence-electron chi connectivity index (χ1n) is 7.61. The second-order valence-corrected chi connectivity index (χ2v) is 5.66. The van der Waals surface area contributed by atoms with Crippen LogP contribution in [0.15, 0.2) is 24.3 Å². The van der Waals surface area contributed by atoms with Crippen molar-refractivity contribution >= 4 is 5.91 Å². The number of carbonyl (C=O) groups excluding carboxylic acids is 1. The Labute approximate surface area is 120 Å². The molecule has 4 heteroatoms. The first kappa shape index (κ1) is 13.6. The summed E-state index contributed by atoms with van der Waals surface area (Å²) in [5, 5.41) is 3.37. The Kier molecular flexibility index (Phi) is 4.03. The molecular formula is C16H23N3O. The second-order valence-electron chi connectivity index (χ2n) is 5.66. The molecule has 0 aliphatic carbocycles. The van der Waals surface area contributed by atoms with E-state index in [2.05, 4.69) is 23.2 Å². The van der Waals surface area contributed by atoms with E-state index in [1.165, 1.54) is 0 Å². The lowest BCUT2D eigenvalue weighted by Gasteiger charge is -2.46. The van der Waals surface area contributed by atoms with Crippen molar-refractivity contribution in [3.63, 3.8) is 0 Å². The highest BCUT2D eigenvalue weighted by Crippen LogP contribution is 2.20. The zero-order valence-electron chi connectivity index (χ0n) is 12.1. The van der Waals surface area contributed by atoms with Crippen LogP contribution < -0.4 is 5.32 Å². The molecule has 0 radical (unpaired) electrons. The molecule has 4 nitrogen and oxygen atoms in total. The molecule has 108 valence electrons. The fourth-order valence-electron chi connectivity index (χ4n) is 3.11. The van der Waals surface area contributed by atoms with Crippen LogP contribution in [0.2, 0.25) is 0 Å². The third-order valence-electron chi connectivity index (χ3n) is 4.45. The predicted octanol–water partition coefficient (Wildman–Crippen LogP) is 0.979. The minimum absolute atomic E-state index is 0.203. The molecule has 0 bridgehead atoms. The summed E-state index contributed by atoms with van der Waals surface area (Å²) in [5.41, 5.74) is 2.04. The van der Waals surface area contributed by atoms with E-state index in [0.717, 1.165) is 56.8 Å². The molecule has 0 aromatic heterocycles. The number of carbonyl (C=O) groups is 1. The van der Waals surface area contributed by atoms with Crippen molar-refractivity contribution in [2.75, 3.05) is 39.3 Å². The van der Waals surface area contributed by atoms with E-state index in [-0.39, 0.29) is 5.91 Å². The SMILES string of the molecule is CCc1ccccc1C(=O)N1CC(N2CCNCC2)C1. The largest absolute Gasteiger partial charge is 0.335 e. The normalized spacial score (nSPS) is 20.8. The summed E-state index contributed by atoms with van der Waals surface area (Å²) < 4.78 is 0. The van der Waals surface area contributed by atoms with Gasteiger partial charge in [0.25, 0.3) is 5.91 Å². The van der Waals surface area contributed by atoms with E-state index in [1.807, 2.05) is 23.1 Å². The van der Waals surface area contributed by atoms with Crippen LogP contribution in [0.1, 0.15) is 22.8 Å². The van der Waals surface area contributed by atoms with Gasteiger partial charge in [-0.2, -0.15) is 0 Å². The highest BCUT2D eigenvalue weighted by Gasteiger charge is 2.35. The molecule has 2 heterocycles. The number of hydrogen-bond donors (Lipinski definition) is 1. The molecule has 1 aromatic carbocycles. The Morgan fingerprint density at radius 3 is 2.65 bits per heavy atom. The Bertz CT molecular complexity index is 476. The van der Waals surface area contributed by atoms with Crippen LogP contribution in [0.25, 0.3) is 0 Å². The van der Waals surface area contributed by atoms with Crippen LogP contribution in [0.3, 0.4) is 0 Å². The van der Waals surface area contributed by atoms with Crippen LogP contribution in [0, 0.1) is 0 Å². The highest BCUT2D eigenvalue weighted by atomic mass is 16.2. The van der Waals surface area contributed by atoms with Gasteiger partial charge in [0, 0.05) is 50.9 Å². The lowest BCUT2D eigenvalue weighted by atomic mass is 10.00. The van der Waals surface area contributed by atoms with Crippen LogP contribution in [-0.4, -0.2) is 61.0 Å².